The number of carbonyl (C=O) groups is 1. The second-order valence-corrected chi connectivity index (χ2v) is 5.30. The number of halogens is 3. The van der Waals surface area contributed by atoms with Crippen molar-refractivity contribution in [3.63, 3.8) is 0 Å². The summed E-state index contributed by atoms with van der Waals surface area (Å²) < 4.78 is 31.8. The molecule has 0 aliphatic carbocycles. The maximum Gasteiger partial charge on any atom is 0.277 e. The summed E-state index contributed by atoms with van der Waals surface area (Å²) in [5.74, 6) is -3.47. The van der Waals surface area contributed by atoms with Gasteiger partial charge >= 0.3 is 0 Å². The van der Waals surface area contributed by atoms with E-state index in [0.29, 0.717) is 26.1 Å². The first-order valence-corrected chi connectivity index (χ1v) is 7.00. The molecule has 1 heterocycles. The third-order valence-electron chi connectivity index (χ3n) is 3.91. The van der Waals surface area contributed by atoms with Crippen molar-refractivity contribution < 1.29 is 18.3 Å². The number of hydrogen-bond donors (Lipinski definition) is 2. The van der Waals surface area contributed by atoms with Crippen molar-refractivity contribution >= 4 is 18.3 Å². The van der Waals surface area contributed by atoms with Crippen molar-refractivity contribution in [1.29, 1.82) is 0 Å². The molecule has 3 N–H and O–H groups in total. The molecule has 1 aliphatic rings. The molecule has 1 fully saturated rings. The number of hydrogen-bond acceptors (Lipinski definition) is 3. The highest BCUT2D eigenvalue weighted by Gasteiger charge is 2.42. The van der Waals surface area contributed by atoms with Gasteiger partial charge < -0.3 is 15.8 Å². The molecule has 0 saturated carbocycles. The first kappa shape index (κ1) is 18.8. The van der Waals surface area contributed by atoms with Crippen LogP contribution in [0.5, 0.6) is 0 Å². The van der Waals surface area contributed by atoms with E-state index in [-0.39, 0.29) is 18.3 Å². The SMILES string of the molecule is Cl.NCC(F)(F)CNC(=O)C1(c2ccccc2)CCOCC1. The molecule has 0 spiro atoms. The molecule has 1 saturated heterocycles. The van der Waals surface area contributed by atoms with Crippen LogP contribution in [-0.4, -0.2) is 38.1 Å². The molecule has 0 atom stereocenters. The van der Waals surface area contributed by atoms with Gasteiger partial charge in [-0.3, -0.25) is 4.79 Å². The Morgan fingerprint density at radius 2 is 1.86 bits per heavy atom. The van der Waals surface area contributed by atoms with Crippen molar-refractivity contribution in [3.8, 4) is 0 Å². The monoisotopic (exact) mass is 334 g/mol. The fourth-order valence-electron chi connectivity index (χ4n) is 2.57. The van der Waals surface area contributed by atoms with Crippen LogP contribution in [0.15, 0.2) is 30.3 Å². The molecular weight excluding hydrogens is 314 g/mol. The van der Waals surface area contributed by atoms with Gasteiger partial charge in [-0.2, -0.15) is 0 Å². The van der Waals surface area contributed by atoms with Gasteiger partial charge in [0.15, 0.2) is 0 Å². The second-order valence-electron chi connectivity index (χ2n) is 5.30. The highest BCUT2D eigenvalue weighted by Crippen LogP contribution is 2.35. The normalized spacial score (nSPS) is 17.4. The molecule has 0 radical (unpaired) electrons. The maximum atomic E-state index is 13.2. The Hall–Kier alpha value is -1.24. The minimum atomic E-state index is -3.08. The van der Waals surface area contributed by atoms with Crippen LogP contribution in [0.4, 0.5) is 8.78 Å². The van der Waals surface area contributed by atoms with Crippen LogP contribution in [0, 0.1) is 0 Å². The standard InChI is InChI=1S/C15H20F2N2O2.ClH/c16-15(17,10-18)11-19-13(20)14(6-8-21-9-7-14)12-4-2-1-3-5-12;/h1-5H,6-11,18H2,(H,19,20);1H. The summed E-state index contributed by atoms with van der Waals surface area (Å²) in [6.45, 7) is -0.641. The number of ether oxygens (including phenoxy) is 1. The third kappa shape index (κ3) is 4.15. The van der Waals surface area contributed by atoms with Gasteiger partial charge in [0, 0.05) is 13.2 Å². The first-order valence-electron chi connectivity index (χ1n) is 7.00. The lowest BCUT2D eigenvalue weighted by atomic mass is 9.73. The van der Waals surface area contributed by atoms with E-state index in [4.69, 9.17) is 10.5 Å². The number of rotatable bonds is 5. The molecule has 0 unspecified atom stereocenters. The Bertz CT molecular complexity index is 480. The Morgan fingerprint density at radius 3 is 2.41 bits per heavy atom. The van der Waals surface area contributed by atoms with Crippen LogP contribution in [0.2, 0.25) is 0 Å². The number of nitrogens with one attached hydrogen (secondary N) is 1. The van der Waals surface area contributed by atoms with E-state index in [1.54, 1.807) is 0 Å². The average molecular weight is 335 g/mol. The zero-order valence-electron chi connectivity index (χ0n) is 12.2. The molecule has 22 heavy (non-hydrogen) atoms. The molecular formula is C15H21ClF2N2O2. The van der Waals surface area contributed by atoms with Gasteiger partial charge in [-0.15, -0.1) is 12.4 Å². The third-order valence-corrected chi connectivity index (χ3v) is 3.91. The molecule has 4 nitrogen and oxygen atoms in total. The number of carbonyl (C=O) groups excluding carboxylic acids is 1. The van der Waals surface area contributed by atoms with Gasteiger partial charge in [0.05, 0.1) is 18.5 Å². The van der Waals surface area contributed by atoms with Crippen molar-refractivity contribution in [1.82, 2.24) is 5.32 Å². The average Bonchev–Trinajstić information content (AvgIpc) is 2.54. The van der Waals surface area contributed by atoms with Gasteiger partial charge in [0.1, 0.15) is 0 Å². The molecule has 1 aliphatic heterocycles. The molecule has 124 valence electrons. The predicted molar refractivity (Wildman–Crippen MR) is 82.4 cm³/mol. The summed E-state index contributed by atoms with van der Waals surface area (Å²) in [4.78, 5) is 12.5. The molecule has 7 heteroatoms. The number of amides is 1. The first-order chi connectivity index (χ1) is 10.0. The zero-order chi connectivity index (χ0) is 15.3. The number of nitrogens with two attached hydrogens (primary N) is 1. The van der Waals surface area contributed by atoms with Crippen LogP contribution < -0.4 is 11.1 Å². The lowest BCUT2D eigenvalue weighted by molar-refractivity contribution is -0.132. The molecule has 1 aromatic rings. The number of benzene rings is 1. The van der Waals surface area contributed by atoms with E-state index in [1.807, 2.05) is 30.3 Å². The van der Waals surface area contributed by atoms with Crippen LogP contribution >= 0.6 is 12.4 Å². The highest BCUT2D eigenvalue weighted by atomic mass is 35.5. The van der Waals surface area contributed by atoms with Gasteiger partial charge in [0.25, 0.3) is 5.92 Å². The molecule has 0 aromatic heterocycles. The maximum absolute atomic E-state index is 13.2. The Balaban J connectivity index is 0.00000242. The van der Waals surface area contributed by atoms with Crippen LogP contribution in [-0.2, 0) is 14.9 Å². The zero-order valence-corrected chi connectivity index (χ0v) is 13.0. The lowest BCUT2D eigenvalue weighted by Crippen LogP contribution is -2.51. The van der Waals surface area contributed by atoms with Crippen molar-refractivity contribution in [3.05, 3.63) is 35.9 Å². The minimum Gasteiger partial charge on any atom is -0.381 e. The molecule has 2 rings (SSSR count). The van der Waals surface area contributed by atoms with Crippen LogP contribution in [0.25, 0.3) is 0 Å². The van der Waals surface area contributed by atoms with Crippen LogP contribution in [0.3, 0.4) is 0 Å². The minimum absolute atomic E-state index is 0. The summed E-state index contributed by atoms with van der Waals surface area (Å²) in [7, 11) is 0. The predicted octanol–water partition coefficient (Wildman–Crippen LogP) is 1.87. The topological polar surface area (TPSA) is 64.3 Å². The number of alkyl halides is 2. The van der Waals surface area contributed by atoms with Crippen molar-refractivity contribution in [2.24, 2.45) is 5.73 Å². The quantitative estimate of drug-likeness (QED) is 0.864. The summed E-state index contributed by atoms with van der Waals surface area (Å²) in [5, 5.41) is 2.36. The van der Waals surface area contributed by atoms with E-state index in [9.17, 15) is 13.6 Å². The molecule has 1 aromatic carbocycles. The Morgan fingerprint density at radius 1 is 1.27 bits per heavy atom. The molecule has 0 bridgehead atoms. The Labute approximate surface area is 134 Å². The fourth-order valence-corrected chi connectivity index (χ4v) is 2.57. The smallest absolute Gasteiger partial charge is 0.277 e. The summed E-state index contributed by atoms with van der Waals surface area (Å²) in [6, 6.07) is 9.25. The lowest BCUT2D eigenvalue weighted by Gasteiger charge is -2.36. The van der Waals surface area contributed by atoms with Crippen LogP contribution in [0.1, 0.15) is 18.4 Å². The van der Waals surface area contributed by atoms with Crippen molar-refractivity contribution in [2.75, 3.05) is 26.3 Å². The van der Waals surface area contributed by atoms with Crippen molar-refractivity contribution in [2.45, 2.75) is 24.2 Å². The highest BCUT2D eigenvalue weighted by molar-refractivity contribution is 5.88. The largest absolute Gasteiger partial charge is 0.381 e. The fraction of sp³-hybridized carbons (Fsp3) is 0.533. The second kappa shape index (κ2) is 7.85. The van der Waals surface area contributed by atoms with E-state index in [1.165, 1.54) is 0 Å². The Kier molecular flexibility index (Phi) is 6.71. The molecule has 1 amide bonds. The van der Waals surface area contributed by atoms with E-state index in [0.717, 1.165) is 5.56 Å². The summed E-state index contributed by atoms with van der Waals surface area (Å²) in [5.41, 5.74) is 5.03. The van der Waals surface area contributed by atoms with Gasteiger partial charge in [-0.1, -0.05) is 30.3 Å². The summed E-state index contributed by atoms with van der Waals surface area (Å²) >= 11 is 0. The van der Waals surface area contributed by atoms with E-state index < -0.39 is 24.4 Å². The van der Waals surface area contributed by atoms with E-state index >= 15 is 0 Å². The summed E-state index contributed by atoms with van der Waals surface area (Å²) in [6.07, 6.45) is 0.966. The van der Waals surface area contributed by atoms with Gasteiger partial charge in [0.2, 0.25) is 5.91 Å². The van der Waals surface area contributed by atoms with Gasteiger partial charge in [-0.25, -0.2) is 8.78 Å². The van der Waals surface area contributed by atoms with Gasteiger partial charge in [-0.05, 0) is 18.4 Å². The van der Waals surface area contributed by atoms with E-state index in [2.05, 4.69) is 5.32 Å².